The molecule has 0 spiro atoms. The Bertz CT molecular complexity index is 2730. The number of rotatable bonds is 3. The molecule has 0 N–H and O–H groups in total. The van der Waals surface area contributed by atoms with Crippen molar-refractivity contribution in [1.29, 1.82) is 0 Å². The molecular weight excluding hydrogens is 565 g/mol. The van der Waals surface area contributed by atoms with E-state index in [4.69, 9.17) is 0 Å². The third-order valence-electron chi connectivity index (χ3n) is 9.30. The fourth-order valence-corrected chi connectivity index (χ4v) is 8.65. The fourth-order valence-electron chi connectivity index (χ4n) is 7.39. The predicted molar refractivity (Wildman–Crippen MR) is 193 cm³/mol. The highest BCUT2D eigenvalue weighted by molar-refractivity contribution is 7.27. The number of nitrogens with zero attached hydrogens (tertiary/aromatic N) is 2. The van der Waals surface area contributed by atoms with Crippen LogP contribution in [-0.2, 0) is 0 Å². The molecule has 2 nitrogen and oxygen atoms in total. The molecule has 45 heavy (non-hydrogen) atoms. The van der Waals surface area contributed by atoms with E-state index < -0.39 is 0 Å². The normalized spacial score (nSPS) is 12.0. The van der Waals surface area contributed by atoms with E-state index in [2.05, 4.69) is 167 Å². The lowest BCUT2D eigenvalue weighted by molar-refractivity contribution is 1.18. The molecule has 10 aromatic rings. The van der Waals surface area contributed by atoms with E-state index in [1.54, 1.807) is 0 Å². The minimum atomic E-state index is 1.18. The number of fused-ring (bicyclic) bond motifs is 11. The van der Waals surface area contributed by atoms with Gasteiger partial charge in [-0.25, -0.2) is 0 Å². The Kier molecular flexibility index (Phi) is 5.19. The van der Waals surface area contributed by atoms with Gasteiger partial charge in [0.2, 0.25) is 0 Å². The van der Waals surface area contributed by atoms with E-state index in [0.29, 0.717) is 0 Å². The first-order valence-electron chi connectivity index (χ1n) is 15.4. The van der Waals surface area contributed by atoms with Gasteiger partial charge in [-0.05, 0) is 65.7 Å². The van der Waals surface area contributed by atoms with Crippen LogP contribution in [0, 0.1) is 0 Å². The third kappa shape index (κ3) is 3.50. The quantitative estimate of drug-likeness (QED) is 0.194. The second-order valence-electron chi connectivity index (χ2n) is 11.7. The van der Waals surface area contributed by atoms with Gasteiger partial charge in [0.15, 0.2) is 0 Å². The molecule has 0 atom stereocenters. The highest BCUT2D eigenvalue weighted by atomic mass is 32.1. The Labute approximate surface area is 263 Å². The molecule has 0 fully saturated rings. The van der Waals surface area contributed by atoms with Gasteiger partial charge >= 0.3 is 0 Å². The van der Waals surface area contributed by atoms with E-state index in [0.717, 1.165) is 0 Å². The summed E-state index contributed by atoms with van der Waals surface area (Å²) in [5, 5.41) is 7.82. The van der Waals surface area contributed by atoms with E-state index in [1.165, 1.54) is 86.3 Å². The fraction of sp³-hybridized carbons (Fsp3) is 0. The van der Waals surface area contributed by atoms with Crippen molar-refractivity contribution in [2.24, 2.45) is 0 Å². The smallest absolute Gasteiger partial charge is 0.0634 e. The molecule has 10 rings (SSSR count). The van der Waals surface area contributed by atoms with Gasteiger partial charge in [-0.3, -0.25) is 0 Å². The first-order chi connectivity index (χ1) is 22.3. The molecule has 0 saturated carbocycles. The van der Waals surface area contributed by atoms with Gasteiger partial charge < -0.3 is 9.13 Å². The van der Waals surface area contributed by atoms with E-state index in [9.17, 15) is 0 Å². The Morgan fingerprint density at radius 3 is 1.78 bits per heavy atom. The predicted octanol–water partition coefficient (Wildman–Crippen LogP) is 11.9. The summed E-state index contributed by atoms with van der Waals surface area (Å²) in [5.41, 5.74) is 9.81. The van der Waals surface area contributed by atoms with Gasteiger partial charge in [0.05, 0.1) is 22.1 Å². The standard InChI is InChI=1S/C42H26N2S/c1-4-12-27(13-5-1)28-20-23-36-34(26-28)39-37(43(36)29-14-6-2-7-15-29)24-21-33-40-38(45-42(33)39)25-22-32-31-18-10-11-19-35(31)44(41(32)40)30-16-8-3-9-17-30/h1-26H. The Hall–Kier alpha value is -5.64. The van der Waals surface area contributed by atoms with Crippen LogP contribution in [0.5, 0.6) is 0 Å². The van der Waals surface area contributed by atoms with Crippen LogP contribution in [0.25, 0.3) is 86.3 Å². The number of hydrogen-bond acceptors (Lipinski definition) is 1. The Morgan fingerprint density at radius 1 is 0.378 bits per heavy atom. The summed E-state index contributed by atoms with van der Waals surface area (Å²) in [6.45, 7) is 0. The van der Waals surface area contributed by atoms with Crippen LogP contribution in [0.4, 0.5) is 0 Å². The average molecular weight is 591 g/mol. The van der Waals surface area contributed by atoms with Gasteiger partial charge in [-0.1, -0.05) is 103 Å². The molecule has 0 unspecified atom stereocenters. The van der Waals surface area contributed by atoms with Crippen molar-refractivity contribution in [2.75, 3.05) is 0 Å². The van der Waals surface area contributed by atoms with E-state index in [1.807, 2.05) is 11.3 Å². The maximum absolute atomic E-state index is 2.46. The molecule has 7 aromatic carbocycles. The molecule has 3 heterocycles. The van der Waals surface area contributed by atoms with Crippen molar-refractivity contribution >= 4 is 75.1 Å². The molecule has 3 heteroatoms. The number of thiophene rings is 1. The van der Waals surface area contributed by atoms with Gasteiger partial charge in [0.1, 0.15) is 0 Å². The molecule has 0 aliphatic rings. The van der Waals surface area contributed by atoms with Crippen LogP contribution in [0.15, 0.2) is 158 Å². The number of benzene rings is 7. The maximum Gasteiger partial charge on any atom is 0.0634 e. The van der Waals surface area contributed by atoms with Crippen LogP contribution >= 0.6 is 11.3 Å². The highest BCUT2D eigenvalue weighted by Gasteiger charge is 2.22. The Balaban J connectivity index is 1.39. The summed E-state index contributed by atoms with van der Waals surface area (Å²) in [7, 11) is 0. The van der Waals surface area contributed by atoms with E-state index in [-0.39, 0.29) is 0 Å². The summed E-state index contributed by atoms with van der Waals surface area (Å²) >= 11 is 1.92. The second-order valence-corrected chi connectivity index (χ2v) is 12.8. The van der Waals surface area contributed by atoms with Gasteiger partial charge in [-0.15, -0.1) is 11.3 Å². The zero-order valence-electron chi connectivity index (χ0n) is 24.3. The molecule has 0 aliphatic carbocycles. The Morgan fingerprint density at radius 2 is 1.00 bits per heavy atom. The lowest BCUT2D eigenvalue weighted by atomic mass is 10.0. The number of para-hydroxylation sites is 3. The second kappa shape index (κ2) is 9.43. The lowest BCUT2D eigenvalue weighted by Crippen LogP contribution is -1.93. The minimum absolute atomic E-state index is 1.18. The largest absolute Gasteiger partial charge is 0.309 e. The average Bonchev–Trinajstić information content (AvgIpc) is 3.76. The van der Waals surface area contributed by atoms with Crippen LogP contribution in [-0.4, -0.2) is 9.13 Å². The summed E-state index contributed by atoms with van der Waals surface area (Å²) in [6.07, 6.45) is 0. The van der Waals surface area contributed by atoms with Crippen molar-refractivity contribution in [3.63, 3.8) is 0 Å². The van der Waals surface area contributed by atoms with Crippen LogP contribution in [0.1, 0.15) is 0 Å². The first kappa shape index (κ1) is 24.8. The van der Waals surface area contributed by atoms with Crippen LogP contribution in [0.3, 0.4) is 0 Å². The van der Waals surface area contributed by atoms with Gasteiger partial charge in [-0.2, -0.15) is 0 Å². The summed E-state index contributed by atoms with van der Waals surface area (Å²) < 4.78 is 7.54. The number of hydrogen-bond donors (Lipinski definition) is 0. The molecule has 0 bridgehead atoms. The monoisotopic (exact) mass is 590 g/mol. The molecule has 0 radical (unpaired) electrons. The summed E-state index contributed by atoms with van der Waals surface area (Å²) in [6, 6.07) is 57.4. The zero-order chi connectivity index (χ0) is 29.5. The van der Waals surface area contributed by atoms with Crippen molar-refractivity contribution in [2.45, 2.75) is 0 Å². The maximum atomic E-state index is 2.46. The third-order valence-corrected chi connectivity index (χ3v) is 10.5. The van der Waals surface area contributed by atoms with Crippen LogP contribution < -0.4 is 0 Å². The first-order valence-corrected chi connectivity index (χ1v) is 16.2. The SMILES string of the molecule is c1ccc(-c2ccc3c(c2)c2c4sc5ccc6c7ccccc7n(-c7ccccc7)c6c5c4ccc2n3-c2ccccc2)cc1. The molecule has 210 valence electrons. The van der Waals surface area contributed by atoms with Crippen molar-refractivity contribution in [1.82, 2.24) is 9.13 Å². The van der Waals surface area contributed by atoms with E-state index >= 15 is 0 Å². The van der Waals surface area contributed by atoms with Crippen molar-refractivity contribution in [3.8, 4) is 22.5 Å². The number of aromatic nitrogens is 2. The molecular formula is C42H26N2S. The van der Waals surface area contributed by atoms with Crippen LogP contribution in [0.2, 0.25) is 0 Å². The molecule has 0 aliphatic heterocycles. The lowest BCUT2D eigenvalue weighted by Gasteiger charge is -2.09. The molecule has 0 amide bonds. The molecule has 0 saturated heterocycles. The van der Waals surface area contributed by atoms with Gasteiger partial charge in [0.25, 0.3) is 0 Å². The highest BCUT2D eigenvalue weighted by Crippen LogP contribution is 2.47. The molecule has 3 aromatic heterocycles. The minimum Gasteiger partial charge on any atom is -0.309 e. The zero-order valence-corrected chi connectivity index (χ0v) is 25.1. The van der Waals surface area contributed by atoms with Crippen molar-refractivity contribution in [3.05, 3.63) is 158 Å². The summed E-state index contributed by atoms with van der Waals surface area (Å²) in [4.78, 5) is 0. The summed E-state index contributed by atoms with van der Waals surface area (Å²) in [5.74, 6) is 0. The van der Waals surface area contributed by atoms with Crippen molar-refractivity contribution < 1.29 is 0 Å². The van der Waals surface area contributed by atoms with Gasteiger partial charge in [0, 0.05) is 53.1 Å². The topological polar surface area (TPSA) is 9.86 Å².